The molecule has 0 aromatic carbocycles. The van der Waals surface area contributed by atoms with Gasteiger partial charge < -0.3 is 19.4 Å². The van der Waals surface area contributed by atoms with E-state index in [1.54, 1.807) is 12.1 Å². The molecule has 2 amide bonds. The van der Waals surface area contributed by atoms with Crippen molar-refractivity contribution in [2.75, 3.05) is 26.0 Å². The van der Waals surface area contributed by atoms with E-state index in [2.05, 4.69) is 5.32 Å². The van der Waals surface area contributed by atoms with Crippen molar-refractivity contribution in [3.8, 4) is 6.07 Å². The maximum Gasteiger partial charge on any atom is 0.265 e. The van der Waals surface area contributed by atoms with Crippen LogP contribution in [0.2, 0.25) is 0 Å². The predicted molar refractivity (Wildman–Crippen MR) is 79.2 cm³/mol. The third-order valence-corrected chi connectivity index (χ3v) is 4.04. The number of hydrogen-bond donors (Lipinski definition) is 1. The first-order valence-electron chi connectivity index (χ1n) is 6.54. The molecule has 0 bridgehead atoms. The highest BCUT2D eigenvalue weighted by Crippen LogP contribution is 2.31. The molecule has 1 aliphatic heterocycles. The number of methoxy groups -OCH3 is 1. The fraction of sp³-hybridized carbons (Fsp3) is 0.357. The summed E-state index contributed by atoms with van der Waals surface area (Å²) in [6, 6.07) is 5.31. The van der Waals surface area contributed by atoms with Crippen LogP contribution in [0.4, 0.5) is 0 Å². The zero-order valence-electron chi connectivity index (χ0n) is 12.0. The molecule has 1 aromatic heterocycles. The smallest absolute Gasteiger partial charge is 0.265 e. The van der Waals surface area contributed by atoms with Crippen LogP contribution in [-0.2, 0) is 20.9 Å². The fourth-order valence-corrected chi connectivity index (χ4v) is 2.93. The molecule has 1 fully saturated rings. The third-order valence-electron chi connectivity index (χ3n) is 2.95. The summed E-state index contributed by atoms with van der Waals surface area (Å²) in [6.45, 7) is 0.831. The highest BCUT2D eigenvalue weighted by Gasteiger charge is 2.31. The van der Waals surface area contributed by atoms with Gasteiger partial charge in [-0.25, -0.2) is 0 Å². The van der Waals surface area contributed by atoms with Crippen LogP contribution in [0, 0.1) is 11.3 Å². The van der Waals surface area contributed by atoms with Gasteiger partial charge in [-0.15, -0.1) is 0 Å². The average molecular weight is 321 g/mol. The van der Waals surface area contributed by atoms with E-state index in [1.807, 2.05) is 6.07 Å². The lowest BCUT2D eigenvalue weighted by Crippen LogP contribution is -2.31. The molecule has 22 heavy (non-hydrogen) atoms. The first-order valence-corrected chi connectivity index (χ1v) is 7.53. The van der Waals surface area contributed by atoms with E-state index in [0.29, 0.717) is 23.9 Å². The number of thioether (sulfide) groups is 1. The van der Waals surface area contributed by atoms with Gasteiger partial charge in [-0.2, -0.15) is 5.26 Å². The molecule has 1 N–H and O–H groups in total. The zero-order valence-corrected chi connectivity index (χ0v) is 12.8. The van der Waals surface area contributed by atoms with Crippen LogP contribution in [0.25, 0.3) is 0 Å². The minimum absolute atomic E-state index is 0.0708. The van der Waals surface area contributed by atoms with Crippen LogP contribution in [0.5, 0.6) is 0 Å². The number of rotatable bonds is 6. The van der Waals surface area contributed by atoms with Gasteiger partial charge >= 0.3 is 0 Å². The minimum Gasteiger partial charge on any atom is -0.467 e. The second-order valence-corrected chi connectivity index (χ2v) is 5.34. The highest BCUT2D eigenvalue weighted by atomic mass is 32.2. The Balaban J connectivity index is 2.11. The van der Waals surface area contributed by atoms with Gasteiger partial charge in [0.2, 0.25) is 5.91 Å². The normalized spacial score (nSPS) is 16.5. The largest absolute Gasteiger partial charge is 0.467 e. The first kappa shape index (κ1) is 16.1. The minimum atomic E-state index is -0.529. The van der Waals surface area contributed by atoms with Crippen LogP contribution in [0.1, 0.15) is 5.76 Å². The first-order chi connectivity index (χ1) is 10.7. The number of hydrogen-bond acceptors (Lipinski definition) is 6. The Bertz CT molecular complexity index is 619. The molecular weight excluding hydrogens is 306 g/mol. The Labute approximate surface area is 131 Å². The molecule has 0 radical (unpaired) electrons. The van der Waals surface area contributed by atoms with E-state index in [1.165, 1.54) is 30.0 Å². The molecule has 1 saturated heterocycles. The summed E-state index contributed by atoms with van der Waals surface area (Å²) in [6.07, 6.45) is 1.50. The third kappa shape index (κ3) is 3.69. The van der Waals surface area contributed by atoms with E-state index in [-0.39, 0.29) is 23.8 Å². The topological polar surface area (TPSA) is 95.6 Å². The zero-order chi connectivity index (χ0) is 15.9. The lowest BCUT2D eigenvalue weighted by Gasteiger charge is -2.17. The van der Waals surface area contributed by atoms with Crippen LogP contribution in [0.15, 0.2) is 33.4 Å². The second-order valence-electron chi connectivity index (χ2n) is 4.38. The summed E-state index contributed by atoms with van der Waals surface area (Å²) < 4.78 is 10.1. The Hall–Kier alpha value is -2.24. The Morgan fingerprint density at radius 1 is 1.64 bits per heavy atom. The van der Waals surface area contributed by atoms with Crippen molar-refractivity contribution in [2.24, 2.45) is 0 Å². The summed E-state index contributed by atoms with van der Waals surface area (Å²) in [5.74, 6) is 0.138. The van der Waals surface area contributed by atoms with Crippen LogP contribution >= 0.6 is 11.8 Å². The molecule has 0 unspecified atom stereocenters. The summed E-state index contributed by atoms with van der Waals surface area (Å²) in [4.78, 5) is 25.4. The van der Waals surface area contributed by atoms with Crippen LogP contribution in [-0.4, -0.2) is 42.7 Å². The number of amides is 2. The number of nitriles is 1. The predicted octanol–water partition coefficient (Wildman–Crippen LogP) is 0.853. The van der Waals surface area contributed by atoms with Gasteiger partial charge in [0.1, 0.15) is 22.4 Å². The van der Waals surface area contributed by atoms with Gasteiger partial charge in [0.25, 0.3) is 5.91 Å². The Morgan fingerprint density at radius 3 is 3.09 bits per heavy atom. The number of nitrogens with zero attached hydrogens (tertiary/aromatic N) is 2. The van der Waals surface area contributed by atoms with E-state index in [0.717, 1.165) is 0 Å². The summed E-state index contributed by atoms with van der Waals surface area (Å²) >= 11 is 1.19. The van der Waals surface area contributed by atoms with Crippen molar-refractivity contribution in [1.82, 2.24) is 10.2 Å². The highest BCUT2D eigenvalue weighted by molar-refractivity contribution is 8.04. The molecule has 0 atom stereocenters. The molecule has 116 valence electrons. The van der Waals surface area contributed by atoms with Crippen molar-refractivity contribution in [3.05, 3.63) is 34.8 Å². The van der Waals surface area contributed by atoms with E-state index < -0.39 is 5.91 Å². The van der Waals surface area contributed by atoms with Gasteiger partial charge in [0, 0.05) is 13.7 Å². The molecule has 8 heteroatoms. The van der Waals surface area contributed by atoms with Gasteiger partial charge in [-0.3, -0.25) is 9.59 Å². The SMILES string of the molecule is COCCN1C(=O)CS/C1=C(\C#N)C(=O)NCc1ccco1. The molecule has 2 rings (SSSR count). The van der Waals surface area contributed by atoms with Crippen molar-refractivity contribution in [3.63, 3.8) is 0 Å². The summed E-state index contributed by atoms with van der Waals surface area (Å²) in [5.41, 5.74) is -0.0708. The number of furan rings is 1. The summed E-state index contributed by atoms with van der Waals surface area (Å²) in [7, 11) is 1.53. The lowest BCUT2D eigenvalue weighted by atomic mass is 10.2. The number of carbonyl (C=O) groups excluding carboxylic acids is 2. The lowest BCUT2D eigenvalue weighted by molar-refractivity contribution is -0.125. The Kier molecular flexibility index (Phi) is 5.63. The van der Waals surface area contributed by atoms with Gasteiger partial charge in [-0.1, -0.05) is 11.8 Å². The Morgan fingerprint density at radius 2 is 2.45 bits per heavy atom. The monoisotopic (exact) mass is 321 g/mol. The van der Waals surface area contributed by atoms with Crippen LogP contribution in [0.3, 0.4) is 0 Å². The molecule has 7 nitrogen and oxygen atoms in total. The maximum absolute atomic E-state index is 12.2. The second kappa shape index (κ2) is 7.68. The molecule has 1 aromatic rings. The van der Waals surface area contributed by atoms with Crippen molar-refractivity contribution in [1.29, 1.82) is 5.26 Å². The quantitative estimate of drug-likeness (QED) is 0.616. The number of carbonyl (C=O) groups is 2. The van der Waals surface area contributed by atoms with Crippen LogP contribution < -0.4 is 5.32 Å². The molecule has 0 spiro atoms. The number of nitrogens with one attached hydrogen (secondary N) is 1. The van der Waals surface area contributed by atoms with Gasteiger partial charge in [0.15, 0.2) is 0 Å². The average Bonchev–Trinajstić information content (AvgIpc) is 3.15. The van der Waals surface area contributed by atoms with E-state index in [4.69, 9.17) is 9.15 Å². The molecular formula is C14H15N3O4S. The standard InChI is InChI=1S/C14H15N3O4S/c1-20-6-4-17-12(18)9-22-14(17)11(7-15)13(19)16-8-10-3-2-5-21-10/h2-3,5H,4,6,8-9H2,1H3,(H,16,19)/b14-11+. The van der Waals surface area contributed by atoms with Gasteiger partial charge in [0.05, 0.1) is 25.2 Å². The van der Waals surface area contributed by atoms with E-state index in [9.17, 15) is 14.9 Å². The molecule has 0 aliphatic carbocycles. The van der Waals surface area contributed by atoms with E-state index >= 15 is 0 Å². The van der Waals surface area contributed by atoms with Crippen molar-refractivity contribution < 1.29 is 18.7 Å². The summed E-state index contributed by atoms with van der Waals surface area (Å²) in [5, 5.41) is 12.3. The molecule has 0 saturated carbocycles. The number of ether oxygens (including phenoxy) is 1. The van der Waals surface area contributed by atoms with Crippen molar-refractivity contribution >= 4 is 23.6 Å². The molecule has 1 aliphatic rings. The van der Waals surface area contributed by atoms with Crippen molar-refractivity contribution in [2.45, 2.75) is 6.54 Å². The molecule has 2 heterocycles. The van der Waals surface area contributed by atoms with Gasteiger partial charge in [-0.05, 0) is 12.1 Å². The fourth-order valence-electron chi connectivity index (χ4n) is 1.88. The maximum atomic E-state index is 12.2.